The van der Waals surface area contributed by atoms with Crippen LogP contribution in [0.5, 0.6) is 0 Å². The van der Waals surface area contributed by atoms with E-state index < -0.39 is 17.7 Å². The number of benzene rings is 3. The third-order valence-electron chi connectivity index (χ3n) is 8.32. The summed E-state index contributed by atoms with van der Waals surface area (Å²) in [7, 11) is 1.73. The lowest BCUT2D eigenvalue weighted by Crippen LogP contribution is -2.46. The molecule has 1 fully saturated rings. The van der Waals surface area contributed by atoms with Gasteiger partial charge in [0.1, 0.15) is 11.4 Å². The van der Waals surface area contributed by atoms with Crippen LogP contribution in [-0.4, -0.2) is 64.9 Å². The molecule has 5 rings (SSSR count). The first-order valence-electron chi connectivity index (χ1n) is 15.8. The predicted molar refractivity (Wildman–Crippen MR) is 175 cm³/mol. The minimum absolute atomic E-state index is 0.0368. The molecule has 0 radical (unpaired) electrons. The van der Waals surface area contributed by atoms with Crippen molar-refractivity contribution in [2.45, 2.75) is 83.9 Å². The van der Waals surface area contributed by atoms with Crippen molar-refractivity contribution in [2.24, 2.45) is 0 Å². The Labute approximate surface area is 260 Å². The number of ether oxygens (including phenoxy) is 2. The van der Waals surface area contributed by atoms with Crippen LogP contribution >= 0.6 is 0 Å². The number of alkyl carbamates (subject to hydrolysis) is 1. The van der Waals surface area contributed by atoms with Gasteiger partial charge in [0.05, 0.1) is 11.0 Å². The van der Waals surface area contributed by atoms with Gasteiger partial charge in [-0.25, -0.2) is 9.78 Å². The lowest BCUT2D eigenvalue weighted by molar-refractivity contribution is -0.132. The van der Waals surface area contributed by atoms with Crippen LogP contribution in [0.3, 0.4) is 0 Å². The monoisotopic (exact) mass is 598 g/mol. The van der Waals surface area contributed by atoms with Gasteiger partial charge in [0.25, 0.3) is 0 Å². The molecule has 8 heteroatoms. The van der Waals surface area contributed by atoms with Crippen LogP contribution in [0, 0.1) is 6.92 Å². The van der Waals surface area contributed by atoms with E-state index in [-0.39, 0.29) is 18.2 Å². The fourth-order valence-electron chi connectivity index (χ4n) is 6.27. The van der Waals surface area contributed by atoms with E-state index in [9.17, 15) is 9.59 Å². The van der Waals surface area contributed by atoms with E-state index in [2.05, 4.69) is 65.3 Å². The molecule has 1 N–H and O–H groups in total. The summed E-state index contributed by atoms with van der Waals surface area (Å²) in [6.07, 6.45) is 3.00. The Kier molecular flexibility index (Phi) is 9.89. The molecule has 0 spiro atoms. The molecule has 2 heterocycles. The molecule has 234 valence electrons. The van der Waals surface area contributed by atoms with E-state index in [1.54, 1.807) is 7.11 Å². The quantitative estimate of drug-likeness (QED) is 0.204. The van der Waals surface area contributed by atoms with Gasteiger partial charge in [-0.1, -0.05) is 54.6 Å². The van der Waals surface area contributed by atoms with Crippen molar-refractivity contribution >= 4 is 33.8 Å². The molecule has 3 aromatic carbocycles. The van der Waals surface area contributed by atoms with Crippen molar-refractivity contribution < 1.29 is 19.1 Å². The lowest BCUT2D eigenvalue weighted by Gasteiger charge is -2.34. The number of amides is 2. The maximum atomic E-state index is 13.9. The minimum atomic E-state index is -0.630. The maximum absolute atomic E-state index is 13.9. The number of imidazole rings is 1. The highest BCUT2D eigenvalue weighted by atomic mass is 16.6. The Morgan fingerprint density at radius 3 is 2.64 bits per heavy atom. The van der Waals surface area contributed by atoms with E-state index in [0.717, 1.165) is 64.6 Å². The molecule has 4 aromatic rings. The molecule has 0 bridgehead atoms. The summed E-state index contributed by atoms with van der Waals surface area (Å²) in [4.78, 5) is 33.8. The maximum Gasteiger partial charge on any atom is 0.407 e. The molecule has 8 nitrogen and oxygen atoms in total. The molecule has 0 aliphatic carbocycles. The first-order chi connectivity index (χ1) is 21.1. The molecule has 44 heavy (non-hydrogen) atoms. The van der Waals surface area contributed by atoms with Crippen molar-refractivity contribution in [3.63, 3.8) is 0 Å². The van der Waals surface area contributed by atoms with Gasteiger partial charge >= 0.3 is 6.09 Å². The summed E-state index contributed by atoms with van der Waals surface area (Å²) < 4.78 is 13.2. The number of rotatable bonds is 10. The third-order valence-corrected chi connectivity index (χ3v) is 8.32. The number of aryl methyl sites for hydroxylation is 2. The molecule has 0 unspecified atom stereocenters. The van der Waals surface area contributed by atoms with Crippen LogP contribution < -0.4 is 5.32 Å². The highest BCUT2D eigenvalue weighted by Crippen LogP contribution is 2.31. The summed E-state index contributed by atoms with van der Waals surface area (Å²) >= 11 is 0. The van der Waals surface area contributed by atoms with Crippen molar-refractivity contribution in [3.8, 4) is 0 Å². The average molecular weight is 599 g/mol. The van der Waals surface area contributed by atoms with E-state index in [1.807, 2.05) is 37.8 Å². The van der Waals surface area contributed by atoms with Gasteiger partial charge in [0, 0.05) is 51.7 Å². The van der Waals surface area contributed by atoms with Crippen LogP contribution in [0.25, 0.3) is 21.8 Å². The molecule has 2 atom stereocenters. The molecule has 2 amide bonds. The van der Waals surface area contributed by atoms with Crippen LogP contribution in [0.4, 0.5) is 4.79 Å². The first-order valence-corrected chi connectivity index (χ1v) is 15.8. The molecule has 1 saturated heterocycles. The number of likely N-dealkylation sites (tertiary alicyclic amines) is 1. The smallest absolute Gasteiger partial charge is 0.407 e. The number of nitrogens with one attached hydrogen (secondary N) is 1. The summed E-state index contributed by atoms with van der Waals surface area (Å²) in [6, 6.07) is 20.4. The number of methoxy groups -OCH3 is 1. The van der Waals surface area contributed by atoms with Gasteiger partial charge in [0.15, 0.2) is 0 Å². The van der Waals surface area contributed by atoms with Crippen LogP contribution in [0.15, 0.2) is 60.7 Å². The minimum Gasteiger partial charge on any atom is -0.444 e. The number of carbonyl (C=O) groups is 2. The lowest BCUT2D eigenvalue weighted by atomic mass is 9.95. The van der Waals surface area contributed by atoms with Gasteiger partial charge in [-0.2, -0.15) is 0 Å². The summed E-state index contributed by atoms with van der Waals surface area (Å²) in [5.41, 5.74) is 3.75. The largest absolute Gasteiger partial charge is 0.444 e. The van der Waals surface area contributed by atoms with Gasteiger partial charge in [-0.15, -0.1) is 0 Å². The van der Waals surface area contributed by atoms with E-state index in [4.69, 9.17) is 14.5 Å². The number of para-hydroxylation sites is 1. The number of aromatic nitrogens is 2. The van der Waals surface area contributed by atoms with E-state index in [1.165, 1.54) is 0 Å². The Hall–Kier alpha value is -3.91. The molecule has 0 saturated carbocycles. The molecular weight excluding hydrogens is 552 g/mol. The van der Waals surface area contributed by atoms with Crippen LogP contribution in [0.1, 0.15) is 69.3 Å². The van der Waals surface area contributed by atoms with E-state index in [0.29, 0.717) is 26.1 Å². The van der Waals surface area contributed by atoms with Crippen molar-refractivity contribution in [1.29, 1.82) is 0 Å². The van der Waals surface area contributed by atoms with Gasteiger partial charge in [0.2, 0.25) is 5.91 Å². The molecule has 1 aliphatic heterocycles. The van der Waals surface area contributed by atoms with Gasteiger partial charge < -0.3 is 24.3 Å². The van der Waals surface area contributed by atoms with E-state index >= 15 is 0 Å². The van der Waals surface area contributed by atoms with Gasteiger partial charge in [-0.05, 0) is 81.3 Å². The summed E-state index contributed by atoms with van der Waals surface area (Å²) in [5.74, 6) is 1.22. The van der Waals surface area contributed by atoms with Crippen LogP contribution in [0.2, 0.25) is 0 Å². The number of nitrogens with zero attached hydrogens (tertiary/aromatic N) is 3. The zero-order valence-electron chi connectivity index (χ0n) is 26.8. The second-order valence-corrected chi connectivity index (χ2v) is 13.0. The number of piperidine rings is 1. The highest BCUT2D eigenvalue weighted by Gasteiger charge is 2.31. The number of carbonyl (C=O) groups excluding carboxylic acids is 2. The number of hydrogen-bond acceptors (Lipinski definition) is 5. The summed E-state index contributed by atoms with van der Waals surface area (Å²) in [6.45, 7) is 10.4. The fraction of sp³-hybridized carbons (Fsp3) is 0.472. The number of fused-ring (bicyclic) bond motifs is 2. The SMILES string of the molecule is COCCCn1c([C@@H]2CCCN(C(=O)C[C@@H](Cc3ccc4ccccc4c3)NC(=O)OC(C)(C)C)C2)nc2c(C)cccc21. The topological polar surface area (TPSA) is 85.7 Å². The van der Waals surface area contributed by atoms with Crippen molar-refractivity contribution in [1.82, 2.24) is 19.8 Å². The standard InChI is InChI=1S/C36H46N4O4/c1-25-11-8-15-31-33(25)38-34(40(31)19-10-20-43-5)29-14-9-18-39(24-29)32(41)23-30(37-35(42)44-36(2,3)4)22-26-16-17-27-12-6-7-13-28(27)21-26/h6-8,11-13,15-17,21,29-30H,9-10,14,18-20,22-24H2,1-5H3,(H,37,42)/t29-,30-/m1/s1. The summed E-state index contributed by atoms with van der Waals surface area (Å²) in [5, 5.41) is 5.30. The Balaban J connectivity index is 1.34. The Morgan fingerprint density at radius 1 is 1.07 bits per heavy atom. The first kappa shape index (κ1) is 31.5. The molecular formula is C36H46N4O4. The average Bonchev–Trinajstić information content (AvgIpc) is 3.36. The number of hydrogen-bond donors (Lipinski definition) is 1. The molecule has 1 aliphatic rings. The van der Waals surface area contributed by atoms with Crippen molar-refractivity contribution in [3.05, 3.63) is 77.6 Å². The fourth-order valence-corrected chi connectivity index (χ4v) is 6.27. The normalized spacial score (nSPS) is 16.3. The second kappa shape index (κ2) is 13.8. The zero-order valence-corrected chi connectivity index (χ0v) is 26.8. The van der Waals surface area contributed by atoms with Crippen molar-refractivity contribution in [2.75, 3.05) is 26.8 Å². The second-order valence-electron chi connectivity index (χ2n) is 13.0. The predicted octanol–water partition coefficient (Wildman–Crippen LogP) is 6.77. The highest BCUT2D eigenvalue weighted by molar-refractivity contribution is 5.83. The Morgan fingerprint density at radius 2 is 1.86 bits per heavy atom. The molecule has 1 aromatic heterocycles. The zero-order chi connectivity index (χ0) is 31.3. The van der Waals surface area contributed by atoms with Crippen LogP contribution in [-0.2, 0) is 27.2 Å². The third kappa shape index (κ3) is 7.78. The van der Waals surface area contributed by atoms with Gasteiger partial charge in [-0.3, -0.25) is 4.79 Å². The Bertz CT molecular complexity index is 1610.